The molecular weight excluding hydrogens is 335 g/mol. The summed E-state index contributed by atoms with van der Waals surface area (Å²) >= 11 is 15.1. The zero-order valence-corrected chi connectivity index (χ0v) is 14.0. The van der Waals surface area contributed by atoms with Gasteiger partial charge in [-0.05, 0) is 25.5 Å². The Morgan fingerprint density at radius 3 is 2.80 bits per heavy atom. The molecule has 106 valence electrons. The number of benzene rings is 1. The van der Waals surface area contributed by atoms with Crippen LogP contribution in [0.4, 0.5) is 5.69 Å². The Labute approximate surface area is 135 Å². The fraction of sp³-hybridized carbons (Fsp3) is 0.231. The van der Waals surface area contributed by atoms with Gasteiger partial charge in [-0.25, -0.2) is 4.98 Å². The highest BCUT2D eigenvalue weighted by Crippen LogP contribution is 2.33. The van der Waals surface area contributed by atoms with Gasteiger partial charge in [0.15, 0.2) is 4.34 Å². The molecule has 0 saturated heterocycles. The molecule has 1 aromatic carbocycles. The second kappa shape index (κ2) is 6.80. The van der Waals surface area contributed by atoms with Crippen LogP contribution < -0.4 is 5.32 Å². The number of thioether (sulfide) groups is 1. The van der Waals surface area contributed by atoms with Crippen molar-refractivity contribution < 1.29 is 4.79 Å². The summed E-state index contributed by atoms with van der Waals surface area (Å²) in [4.78, 5) is 16.2. The van der Waals surface area contributed by atoms with Gasteiger partial charge in [0.2, 0.25) is 5.91 Å². The van der Waals surface area contributed by atoms with Gasteiger partial charge in [-0.15, -0.1) is 11.3 Å². The molecule has 0 saturated carbocycles. The minimum Gasteiger partial charge on any atom is -0.323 e. The Balaban J connectivity index is 2.00. The van der Waals surface area contributed by atoms with Crippen LogP contribution in [0.3, 0.4) is 0 Å². The Hall–Kier alpha value is -0.750. The number of rotatable bonds is 4. The molecule has 0 unspecified atom stereocenters. The van der Waals surface area contributed by atoms with E-state index in [-0.39, 0.29) is 11.7 Å². The van der Waals surface area contributed by atoms with Gasteiger partial charge in [-0.3, -0.25) is 4.79 Å². The minimum absolute atomic E-state index is 0.155. The smallest absolute Gasteiger partial charge is 0.234 e. The highest BCUT2D eigenvalue weighted by Gasteiger charge is 2.12. The van der Waals surface area contributed by atoms with Crippen molar-refractivity contribution in [2.75, 3.05) is 11.1 Å². The zero-order valence-electron chi connectivity index (χ0n) is 10.9. The summed E-state index contributed by atoms with van der Waals surface area (Å²) in [6, 6.07) is 3.53. The second-order valence-electron chi connectivity index (χ2n) is 4.14. The number of anilines is 1. The highest BCUT2D eigenvalue weighted by atomic mass is 35.5. The van der Waals surface area contributed by atoms with Crippen LogP contribution in [0, 0.1) is 13.8 Å². The van der Waals surface area contributed by atoms with E-state index in [1.54, 1.807) is 6.07 Å². The number of hydrogen-bond acceptors (Lipinski definition) is 4. The lowest BCUT2D eigenvalue weighted by Gasteiger charge is -2.10. The molecular formula is C13H12Cl2N2OS2. The monoisotopic (exact) mass is 346 g/mol. The summed E-state index contributed by atoms with van der Waals surface area (Å²) in [5.41, 5.74) is 2.30. The van der Waals surface area contributed by atoms with E-state index in [1.165, 1.54) is 23.1 Å². The molecule has 1 N–H and O–H groups in total. The van der Waals surface area contributed by atoms with Crippen molar-refractivity contribution in [3.05, 3.63) is 38.8 Å². The molecule has 7 heteroatoms. The van der Waals surface area contributed by atoms with Gasteiger partial charge < -0.3 is 5.32 Å². The largest absolute Gasteiger partial charge is 0.323 e. The Morgan fingerprint density at radius 2 is 2.15 bits per heavy atom. The predicted molar refractivity (Wildman–Crippen MR) is 87.4 cm³/mol. The topological polar surface area (TPSA) is 42.0 Å². The molecule has 0 fully saturated rings. The summed E-state index contributed by atoms with van der Waals surface area (Å²) < 4.78 is 0.874. The summed E-state index contributed by atoms with van der Waals surface area (Å²) in [5, 5.41) is 5.61. The van der Waals surface area contributed by atoms with E-state index in [1.807, 2.05) is 25.3 Å². The number of carbonyl (C=O) groups is 1. The first-order valence-corrected chi connectivity index (χ1v) is 8.39. The van der Waals surface area contributed by atoms with Crippen LogP contribution in [-0.4, -0.2) is 16.6 Å². The van der Waals surface area contributed by atoms with Crippen LogP contribution in [0.1, 0.15) is 11.3 Å². The molecule has 0 atom stereocenters. The Bertz CT molecular complexity index is 643. The van der Waals surface area contributed by atoms with E-state index in [9.17, 15) is 4.79 Å². The highest BCUT2D eigenvalue weighted by molar-refractivity contribution is 8.01. The van der Waals surface area contributed by atoms with Crippen molar-refractivity contribution in [1.82, 2.24) is 4.98 Å². The third-order valence-corrected chi connectivity index (χ3v) is 5.41. The van der Waals surface area contributed by atoms with E-state index in [4.69, 9.17) is 23.2 Å². The molecule has 0 spiro atoms. The number of nitrogens with one attached hydrogen (secondary N) is 1. The Kier molecular flexibility index (Phi) is 5.32. The van der Waals surface area contributed by atoms with E-state index < -0.39 is 0 Å². The maximum Gasteiger partial charge on any atom is 0.234 e. The van der Waals surface area contributed by atoms with Crippen molar-refractivity contribution in [2.45, 2.75) is 18.2 Å². The molecule has 3 nitrogen and oxygen atoms in total. The number of hydrogen-bond donors (Lipinski definition) is 1. The molecule has 2 aromatic rings. The van der Waals surface area contributed by atoms with Crippen LogP contribution in [0.5, 0.6) is 0 Å². The number of thiazole rings is 1. The first-order chi connectivity index (χ1) is 9.47. The lowest BCUT2D eigenvalue weighted by Crippen LogP contribution is -2.14. The fourth-order valence-electron chi connectivity index (χ4n) is 1.47. The molecule has 2 rings (SSSR count). The third kappa shape index (κ3) is 3.88. The molecule has 0 aliphatic heterocycles. The number of aromatic nitrogens is 1. The molecule has 0 bridgehead atoms. The predicted octanol–water partition coefficient (Wildman–Crippen LogP) is 4.80. The average Bonchev–Trinajstić information content (AvgIpc) is 2.83. The summed E-state index contributed by atoms with van der Waals surface area (Å²) in [6.07, 6.45) is 0. The van der Waals surface area contributed by atoms with Crippen molar-refractivity contribution in [2.24, 2.45) is 0 Å². The maximum absolute atomic E-state index is 11.9. The lowest BCUT2D eigenvalue weighted by atomic mass is 10.2. The minimum atomic E-state index is -0.155. The van der Waals surface area contributed by atoms with Crippen LogP contribution in [0.25, 0.3) is 0 Å². The molecule has 0 radical (unpaired) electrons. The van der Waals surface area contributed by atoms with Crippen LogP contribution in [-0.2, 0) is 4.79 Å². The van der Waals surface area contributed by atoms with Crippen LogP contribution in [0.15, 0.2) is 21.9 Å². The van der Waals surface area contributed by atoms with E-state index >= 15 is 0 Å². The van der Waals surface area contributed by atoms with E-state index in [0.29, 0.717) is 15.7 Å². The first-order valence-electron chi connectivity index (χ1n) is 5.76. The number of aryl methyl sites for hydroxylation is 2. The maximum atomic E-state index is 11.9. The summed E-state index contributed by atoms with van der Waals surface area (Å²) in [5.74, 6) is 0.116. The summed E-state index contributed by atoms with van der Waals surface area (Å²) in [6.45, 7) is 3.79. The van der Waals surface area contributed by atoms with Gasteiger partial charge in [-0.1, -0.05) is 41.0 Å². The normalized spacial score (nSPS) is 10.6. The van der Waals surface area contributed by atoms with Gasteiger partial charge in [0.1, 0.15) is 0 Å². The fourth-order valence-corrected chi connectivity index (χ4v) is 3.59. The van der Waals surface area contributed by atoms with Gasteiger partial charge in [0.05, 0.1) is 21.5 Å². The quantitative estimate of drug-likeness (QED) is 0.808. The molecule has 0 aliphatic carbocycles. The molecule has 20 heavy (non-hydrogen) atoms. The molecule has 1 aromatic heterocycles. The van der Waals surface area contributed by atoms with Crippen molar-refractivity contribution >= 4 is 57.9 Å². The van der Waals surface area contributed by atoms with Crippen molar-refractivity contribution in [3.63, 3.8) is 0 Å². The molecule has 1 amide bonds. The van der Waals surface area contributed by atoms with Gasteiger partial charge in [0, 0.05) is 11.1 Å². The number of halogens is 2. The van der Waals surface area contributed by atoms with E-state index in [0.717, 1.165) is 15.6 Å². The average molecular weight is 347 g/mol. The number of amides is 1. The Morgan fingerprint density at radius 1 is 1.40 bits per heavy atom. The van der Waals surface area contributed by atoms with Gasteiger partial charge >= 0.3 is 0 Å². The SMILES string of the molecule is Cc1csc(SCC(=O)Nc2c(Cl)ccc(C)c2Cl)n1. The number of nitrogens with zero attached hydrogens (tertiary/aromatic N) is 1. The van der Waals surface area contributed by atoms with Gasteiger partial charge in [0.25, 0.3) is 0 Å². The van der Waals surface area contributed by atoms with Crippen molar-refractivity contribution in [3.8, 4) is 0 Å². The standard InChI is InChI=1S/C13H12Cl2N2OS2/c1-7-3-4-9(14)12(11(7)15)17-10(18)6-20-13-16-8(2)5-19-13/h3-5H,6H2,1-2H3,(H,17,18). The summed E-state index contributed by atoms with van der Waals surface area (Å²) in [7, 11) is 0. The zero-order chi connectivity index (χ0) is 14.7. The lowest BCUT2D eigenvalue weighted by molar-refractivity contribution is -0.113. The third-order valence-electron chi connectivity index (χ3n) is 2.47. The van der Waals surface area contributed by atoms with Gasteiger partial charge in [-0.2, -0.15) is 0 Å². The first kappa shape index (κ1) is 15.6. The van der Waals surface area contributed by atoms with Crippen LogP contribution >= 0.6 is 46.3 Å². The molecule has 1 heterocycles. The van der Waals surface area contributed by atoms with Crippen molar-refractivity contribution in [1.29, 1.82) is 0 Å². The second-order valence-corrected chi connectivity index (χ2v) is 7.01. The molecule has 0 aliphatic rings. The van der Waals surface area contributed by atoms with E-state index in [2.05, 4.69) is 10.3 Å². The number of carbonyl (C=O) groups excluding carboxylic acids is 1. The van der Waals surface area contributed by atoms with Crippen LogP contribution in [0.2, 0.25) is 10.0 Å².